The van der Waals surface area contributed by atoms with E-state index in [1.54, 1.807) is 42.2 Å². The summed E-state index contributed by atoms with van der Waals surface area (Å²) in [6, 6.07) is 9.36. The fourth-order valence-electron chi connectivity index (χ4n) is 5.80. The van der Waals surface area contributed by atoms with Gasteiger partial charge in [0.25, 0.3) is 17.7 Å². The van der Waals surface area contributed by atoms with Gasteiger partial charge < -0.3 is 15.1 Å². The Bertz CT molecular complexity index is 1460. The predicted molar refractivity (Wildman–Crippen MR) is 157 cm³/mol. The highest BCUT2D eigenvalue weighted by atomic mass is 32.2. The van der Waals surface area contributed by atoms with E-state index >= 15 is 0 Å². The Kier molecular flexibility index (Phi) is 8.23. The lowest BCUT2D eigenvalue weighted by molar-refractivity contribution is -0.0756. The van der Waals surface area contributed by atoms with E-state index in [4.69, 9.17) is 4.84 Å². The van der Waals surface area contributed by atoms with Crippen LogP contribution in [0.3, 0.4) is 0 Å². The molecule has 228 valence electrons. The maximum atomic E-state index is 13.9. The zero-order valence-corrected chi connectivity index (χ0v) is 25.1. The van der Waals surface area contributed by atoms with Crippen molar-refractivity contribution < 1.29 is 31.6 Å². The second kappa shape index (κ2) is 11.4. The molecule has 12 heteroatoms. The number of carbonyl (C=O) groups is 2. The number of hydrogen-bond donors (Lipinski definition) is 1. The second-order valence-corrected chi connectivity index (χ2v) is 13.9. The van der Waals surface area contributed by atoms with E-state index < -0.39 is 27.6 Å². The summed E-state index contributed by atoms with van der Waals surface area (Å²) in [5, 5.41) is 3.95. The van der Waals surface area contributed by atoms with Crippen molar-refractivity contribution in [2.45, 2.75) is 56.3 Å². The molecule has 0 aromatic heterocycles. The molecule has 2 amide bonds. The first kappa shape index (κ1) is 30.2. The molecule has 3 aliphatic rings. The van der Waals surface area contributed by atoms with Gasteiger partial charge in [-0.1, -0.05) is 6.92 Å². The third-order valence-electron chi connectivity index (χ3n) is 8.96. The summed E-state index contributed by atoms with van der Waals surface area (Å²) >= 11 is 0. The molecule has 1 spiro atoms. The van der Waals surface area contributed by atoms with E-state index in [2.05, 4.69) is 10.2 Å². The number of carbonyl (C=O) groups excluding carboxylic acids is 2. The minimum atomic E-state index is -3.48. The molecular formula is C30H38F2N4O5S. The highest BCUT2D eigenvalue weighted by Gasteiger charge is 2.44. The number of alkyl halides is 2. The van der Waals surface area contributed by atoms with Crippen LogP contribution in [0.2, 0.25) is 0 Å². The van der Waals surface area contributed by atoms with Crippen LogP contribution in [0.15, 0.2) is 41.3 Å². The summed E-state index contributed by atoms with van der Waals surface area (Å²) in [6.45, 7) is 3.17. The van der Waals surface area contributed by atoms with E-state index in [-0.39, 0.29) is 42.1 Å². The van der Waals surface area contributed by atoms with Crippen molar-refractivity contribution in [2.24, 2.45) is 5.41 Å². The molecule has 1 N–H and O–H groups in total. The molecule has 2 saturated heterocycles. The molecule has 42 heavy (non-hydrogen) atoms. The molecule has 1 aliphatic carbocycles. The lowest BCUT2D eigenvalue weighted by atomic mass is 9.93. The predicted octanol–water partition coefficient (Wildman–Crippen LogP) is 4.98. The first-order valence-corrected chi connectivity index (χ1v) is 16.0. The van der Waals surface area contributed by atoms with Gasteiger partial charge in [-0.3, -0.25) is 14.4 Å². The number of rotatable bonds is 8. The Morgan fingerprint density at radius 1 is 0.905 bits per heavy atom. The van der Waals surface area contributed by atoms with E-state index in [0.29, 0.717) is 28.0 Å². The van der Waals surface area contributed by atoms with Crippen LogP contribution < -0.4 is 15.1 Å². The molecule has 0 radical (unpaired) electrons. The number of anilines is 3. The first-order valence-electron chi connectivity index (χ1n) is 14.4. The van der Waals surface area contributed by atoms with Gasteiger partial charge in [-0.25, -0.2) is 22.3 Å². The number of benzene rings is 2. The molecule has 0 atom stereocenters. The van der Waals surface area contributed by atoms with Gasteiger partial charge in [-0.05, 0) is 67.5 Å². The zero-order chi connectivity index (χ0) is 30.3. The van der Waals surface area contributed by atoms with Crippen LogP contribution in [-0.2, 0) is 14.7 Å². The van der Waals surface area contributed by atoms with Crippen LogP contribution in [0.1, 0.15) is 66.2 Å². The summed E-state index contributed by atoms with van der Waals surface area (Å²) in [5.41, 5.74) is 2.39. The van der Waals surface area contributed by atoms with Gasteiger partial charge >= 0.3 is 0 Å². The third kappa shape index (κ3) is 6.24. The molecule has 2 aromatic carbocycles. The number of nitrogens with zero attached hydrogens (tertiary/aromatic N) is 3. The Morgan fingerprint density at radius 3 is 2.05 bits per heavy atom. The van der Waals surface area contributed by atoms with Crippen molar-refractivity contribution in [3.05, 3.63) is 47.5 Å². The number of nitrogens with one attached hydrogen (secondary N) is 1. The van der Waals surface area contributed by atoms with Gasteiger partial charge in [-0.15, -0.1) is 0 Å². The minimum absolute atomic E-state index is 0.0460. The van der Waals surface area contributed by atoms with Gasteiger partial charge in [0.05, 0.1) is 40.3 Å². The number of sulfone groups is 1. The number of amides is 2. The quantitative estimate of drug-likeness (QED) is 0.425. The van der Waals surface area contributed by atoms with Crippen molar-refractivity contribution in [2.75, 3.05) is 61.2 Å². The molecule has 2 heterocycles. The molecule has 2 aliphatic heterocycles. The Morgan fingerprint density at radius 2 is 1.48 bits per heavy atom. The number of hydrogen-bond acceptors (Lipinski definition) is 7. The van der Waals surface area contributed by atoms with Gasteiger partial charge in [0.2, 0.25) is 0 Å². The van der Waals surface area contributed by atoms with Gasteiger partial charge in [-0.2, -0.15) is 0 Å². The smallest absolute Gasteiger partial charge is 0.279 e. The van der Waals surface area contributed by atoms with Crippen LogP contribution in [0, 0.1) is 5.41 Å². The fourth-order valence-corrected chi connectivity index (χ4v) is 6.70. The largest absolute Gasteiger partial charge is 0.371 e. The van der Waals surface area contributed by atoms with Crippen molar-refractivity contribution in [1.29, 1.82) is 0 Å². The summed E-state index contributed by atoms with van der Waals surface area (Å²) in [7, 11) is -0.667. The monoisotopic (exact) mass is 604 g/mol. The fraction of sp³-hybridized carbons (Fsp3) is 0.533. The molecule has 0 bridgehead atoms. The number of halogens is 2. The minimum Gasteiger partial charge on any atom is -0.371 e. The summed E-state index contributed by atoms with van der Waals surface area (Å²) in [4.78, 5) is 35.8. The molecule has 0 unspecified atom stereocenters. The molecule has 1 saturated carbocycles. The van der Waals surface area contributed by atoms with Gasteiger partial charge in [0, 0.05) is 51.8 Å². The average molecular weight is 605 g/mol. The van der Waals surface area contributed by atoms with E-state index in [9.17, 15) is 26.8 Å². The summed E-state index contributed by atoms with van der Waals surface area (Å²) < 4.78 is 53.2. The first-order chi connectivity index (χ1) is 19.9. The standard InChI is InChI=1S/C30H38F2N4O5S/c1-4-42(39,40)22-6-8-23(26(20-22)35-15-11-29(9-10-29)12-16-35)27(37)33-21-5-7-24(28(38)34(2)41-3)25(19-21)36-17-13-30(31,32)14-18-36/h5-8,19-20H,4,9-18H2,1-3H3,(H,33,37). The van der Waals surface area contributed by atoms with Crippen molar-refractivity contribution >= 4 is 38.7 Å². The van der Waals surface area contributed by atoms with E-state index in [1.165, 1.54) is 33.1 Å². The average Bonchev–Trinajstić information content (AvgIpc) is 3.74. The zero-order valence-electron chi connectivity index (χ0n) is 24.3. The van der Waals surface area contributed by atoms with Crippen LogP contribution in [0.5, 0.6) is 0 Å². The highest BCUT2D eigenvalue weighted by molar-refractivity contribution is 7.91. The van der Waals surface area contributed by atoms with Crippen molar-refractivity contribution in [1.82, 2.24) is 5.06 Å². The molecule has 5 rings (SSSR count). The lowest BCUT2D eigenvalue weighted by Crippen LogP contribution is -2.40. The topological polar surface area (TPSA) is 99.3 Å². The van der Waals surface area contributed by atoms with Gasteiger partial charge in [0.15, 0.2) is 9.84 Å². The summed E-state index contributed by atoms with van der Waals surface area (Å²) in [5.74, 6) is -3.69. The maximum absolute atomic E-state index is 13.9. The summed E-state index contributed by atoms with van der Waals surface area (Å²) in [6.07, 6.45) is 3.75. The molecule has 9 nitrogen and oxygen atoms in total. The van der Waals surface area contributed by atoms with Crippen LogP contribution in [0.25, 0.3) is 0 Å². The van der Waals surface area contributed by atoms with Crippen LogP contribution in [-0.4, -0.2) is 77.3 Å². The third-order valence-corrected chi connectivity index (χ3v) is 10.7. The molecule has 2 aromatic rings. The molecule has 3 fully saturated rings. The Hall–Kier alpha value is -3.25. The van der Waals surface area contributed by atoms with E-state index in [0.717, 1.165) is 31.0 Å². The Labute approximate surface area is 245 Å². The van der Waals surface area contributed by atoms with E-state index in [1.807, 2.05) is 0 Å². The van der Waals surface area contributed by atoms with Crippen LogP contribution in [0.4, 0.5) is 25.8 Å². The maximum Gasteiger partial charge on any atom is 0.279 e. The molecular weight excluding hydrogens is 566 g/mol. The Balaban J connectivity index is 1.46. The lowest BCUT2D eigenvalue weighted by Gasteiger charge is -2.35. The highest BCUT2D eigenvalue weighted by Crippen LogP contribution is 2.54. The van der Waals surface area contributed by atoms with Gasteiger partial charge in [0.1, 0.15) is 0 Å². The SMILES string of the molecule is CCS(=O)(=O)c1ccc(C(=O)Nc2ccc(C(=O)N(C)OC)c(N3CCC(F)(F)CC3)c2)c(N2CCC3(CC2)CC3)c1. The normalized spacial score (nSPS) is 19.5. The second-order valence-electron chi connectivity index (χ2n) is 11.6. The van der Waals surface area contributed by atoms with Crippen molar-refractivity contribution in [3.8, 4) is 0 Å². The van der Waals surface area contributed by atoms with Crippen molar-refractivity contribution in [3.63, 3.8) is 0 Å². The van der Waals surface area contributed by atoms with Crippen LogP contribution >= 0.6 is 0 Å². The number of hydroxylamine groups is 2. The number of piperidine rings is 2.